The molecule has 4 nitrogen and oxygen atoms in total. The highest BCUT2D eigenvalue weighted by atomic mass is 35.5. The maximum Gasteiger partial charge on any atom is 0.221 e. The van der Waals surface area contributed by atoms with Crippen LogP contribution >= 0.6 is 23.2 Å². The molecule has 0 spiro atoms. The predicted octanol–water partition coefficient (Wildman–Crippen LogP) is 2.44. The minimum atomic E-state index is -3.62. The summed E-state index contributed by atoms with van der Waals surface area (Å²) in [4.78, 5) is 11.5. The van der Waals surface area contributed by atoms with Crippen LogP contribution in [0.4, 0.5) is 0 Å². The summed E-state index contributed by atoms with van der Waals surface area (Å²) in [6.45, 7) is 0.513. The summed E-state index contributed by atoms with van der Waals surface area (Å²) in [6, 6.07) is 4.27. The number of benzene rings is 1. The van der Waals surface area contributed by atoms with Crippen molar-refractivity contribution in [2.24, 2.45) is 0 Å². The number of halogens is 2. The van der Waals surface area contributed by atoms with Crippen LogP contribution in [-0.2, 0) is 14.6 Å². The van der Waals surface area contributed by atoms with E-state index < -0.39 is 15.1 Å². The van der Waals surface area contributed by atoms with Crippen molar-refractivity contribution >= 4 is 38.9 Å². The highest BCUT2D eigenvalue weighted by Gasteiger charge is 2.32. The van der Waals surface area contributed by atoms with Gasteiger partial charge >= 0.3 is 0 Å². The number of amides is 1. The number of carbonyl (C=O) groups is 1. The molecule has 104 valence electrons. The minimum Gasteiger partial charge on any atom is -0.356 e. The van der Waals surface area contributed by atoms with Crippen molar-refractivity contribution in [1.29, 1.82) is 0 Å². The van der Waals surface area contributed by atoms with Crippen molar-refractivity contribution in [2.75, 3.05) is 6.54 Å². The van der Waals surface area contributed by atoms with Gasteiger partial charge in [-0.05, 0) is 31.0 Å². The molecule has 1 aliphatic heterocycles. The first-order valence-corrected chi connectivity index (χ1v) is 8.17. The van der Waals surface area contributed by atoms with Crippen LogP contribution < -0.4 is 5.32 Å². The number of hydrogen-bond acceptors (Lipinski definition) is 3. The van der Waals surface area contributed by atoms with Crippen molar-refractivity contribution in [3.05, 3.63) is 28.2 Å². The predicted molar refractivity (Wildman–Crippen MR) is 74.3 cm³/mol. The van der Waals surface area contributed by atoms with Crippen LogP contribution in [0.15, 0.2) is 23.1 Å². The lowest BCUT2D eigenvalue weighted by atomic mass is 10.2. The lowest BCUT2D eigenvalue weighted by molar-refractivity contribution is -0.120. The van der Waals surface area contributed by atoms with E-state index in [1.165, 1.54) is 18.2 Å². The van der Waals surface area contributed by atoms with Gasteiger partial charge in [-0.15, -0.1) is 0 Å². The second-order valence-electron chi connectivity index (χ2n) is 4.44. The fourth-order valence-corrected chi connectivity index (χ4v) is 4.62. The van der Waals surface area contributed by atoms with Gasteiger partial charge in [0.1, 0.15) is 0 Å². The molecule has 0 radical (unpaired) electrons. The van der Waals surface area contributed by atoms with Crippen molar-refractivity contribution < 1.29 is 13.2 Å². The van der Waals surface area contributed by atoms with Gasteiger partial charge in [-0.25, -0.2) is 8.42 Å². The quantitative estimate of drug-likeness (QED) is 0.909. The van der Waals surface area contributed by atoms with Gasteiger partial charge in [-0.2, -0.15) is 0 Å². The molecule has 1 amide bonds. The second-order valence-corrected chi connectivity index (χ2v) is 7.48. The lowest BCUT2D eigenvalue weighted by Crippen LogP contribution is -2.27. The Morgan fingerprint density at radius 1 is 1.26 bits per heavy atom. The molecule has 1 aromatic rings. The first kappa shape index (κ1) is 14.6. The molecule has 1 atom stereocenters. The van der Waals surface area contributed by atoms with E-state index in [1.807, 2.05) is 0 Å². The van der Waals surface area contributed by atoms with Crippen LogP contribution in [0.25, 0.3) is 0 Å². The summed E-state index contributed by atoms with van der Waals surface area (Å²) >= 11 is 11.7. The third-order valence-corrected chi connectivity index (χ3v) is 5.99. The number of sulfone groups is 1. The molecule has 1 saturated heterocycles. The van der Waals surface area contributed by atoms with Gasteiger partial charge in [0.05, 0.1) is 15.2 Å². The summed E-state index contributed by atoms with van der Waals surface area (Å²) in [5, 5.41) is 2.41. The molecule has 1 heterocycles. The van der Waals surface area contributed by atoms with E-state index in [0.29, 0.717) is 24.4 Å². The van der Waals surface area contributed by atoms with Crippen molar-refractivity contribution in [3.63, 3.8) is 0 Å². The highest BCUT2D eigenvalue weighted by Crippen LogP contribution is 2.30. The molecular formula is C12H13Cl2NO3S. The van der Waals surface area contributed by atoms with E-state index in [2.05, 4.69) is 5.32 Å². The largest absolute Gasteiger partial charge is 0.356 e. The fourth-order valence-electron chi connectivity index (χ4n) is 2.09. The van der Waals surface area contributed by atoms with E-state index in [9.17, 15) is 13.2 Å². The Kier molecular flexibility index (Phi) is 4.38. The molecule has 2 rings (SSSR count). The lowest BCUT2D eigenvalue weighted by Gasteiger charge is -2.15. The smallest absolute Gasteiger partial charge is 0.221 e. The van der Waals surface area contributed by atoms with Gasteiger partial charge in [-0.1, -0.05) is 23.2 Å². The van der Waals surface area contributed by atoms with E-state index in [-0.39, 0.29) is 22.2 Å². The minimum absolute atomic E-state index is 0.0265. The van der Waals surface area contributed by atoms with Crippen molar-refractivity contribution in [1.82, 2.24) is 5.32 Å². The molecule has 0 bridgehead atoms. The number of rotatable bonds is 2. The molecule has 1 fully saturated rings. The summed E-state index contributed by atoms with van der Waals surface area (Å²) in [7, 11) is -3.62. The maximum absolute atomic E-state index is 12.5. The summed E-state index contributed by atoms with van der Waals surface area (Å²) in [6.07, 6.45) is 1.06. The fraction of sp³-hybridized carbons (Fsp3) is 0.417. The highest BCUT2D eigenvalue weighted by molar-refractivity contribution is 7.92. The van der Waals surface area contributed by atoms with Crippen molar-refractivity contribution in [2.45, 2.75) is 29.4 Å². The van der Waals surface area contributed by atoms with Crippen LogP contribution in [0, 0.1) is 0 Å². The maximum atomic E-state index is 12.5. The average Bonchev–Trinajstić information content (AvgIpc) is 2.53. The number of carbonyl (C=O) groups excluding carboxylic acids is 1. The number of hydrogen-bond donors (Lipinski definition) is 1. The van der Waals surface area contributed by atoms with Crippen molar-refractivity contribution in [3.8, 4) is 0 Å². The Bertz CT molecular complexity index is 601. The normalized spacial score (nSPS) is 20.7. The van der Waals surface area contributed by atoms with Gasteiger partial charge in [0.2, 0.25) is 5.91 Å². The zero-order chi connectivity index (χ0) is 14.0. The third kappa shape index (κ3) is 3.22. The molecule has 0 aromatic heterocycles. The van der Waals surface area contributed by atoms with E-state index in [0.717, 1.165) is 0 Å². The van der Waals surface area contributed by atoms with Crippen LogP contribution in [0.2, 0.25) is 10.0 Å². The Balaban J connectivity index is 2.38. The average molecular weight is 322 g/mol. The molecule has 1 N–H and O–H groups in total. The zero-order valence-corrected chi connectivity index (χ0v) is 12.4. The molecule has 0 aliphatic carbocycles. The molecular weight excluding hydrogens is 309 g/mol. The van der Waals surface area contributed by atoms with E-state index in [4.69, 9.17) is 23.2 Å². The van der Waals surface area contributed by atoms with Crippen LogP contribution in [0.5, 0.6) is 0 Å². The molecule has 1 unspecified atom stereocenters. The summed E-state index contributed by atoms with van der Waals surface area (Å²) < 4.78 is 25.0. The van der Waals surface area contributed by atoms with Gasteiger partial charge in [0, 0.05) is 18.0 Å². The van der Waals surface area contributed by atoms with Crippen LogP contribution in [0.1, 0.15) is 19.3 Å². The molecule has 7 heteroatoms. The topological polar surface area (TPSA) is 63.2 Å². The number of nitrogens with one attached hydrogen (secondary N) is 1. The van der Waals surface area contributed by atoms with Gasteiger partial charge in [-0.3, -0.25) is 4.79 Å². The summed E-state index contributed by atoms with van der Waals surface area (Å²) in [5.74, 6) is -0.240. The Labute approximate surface area is 122 Å². The zero-order valence-electron chi connectivity index (χ0n) is 10.0. The third-order valence-electron chi connectivity index (χ3n) is 3.08. The van der Waals surface area contributed by atoms with Gasteiger partial charge < -0.3 is 5.32 Å². The Morgan fingerprint density at radius 3 is 2.68 bits per heavy atom. The molecule has 1 aromatic carbocycles. The SMILES string of the molecule is O=C1CC(S(=O)(=O)c2ccc(Cl)cc2Cl)CCCN1. The summed E-state index contributed by atoms with van der Waals surface area (Å²) in [5.41, 5.74) is 0. The molecule has 1 aliphatic rings. The molecule has 0 saturated carbocycles. The van der Waals surface area contributed by atoms with Gasteiger partial charge in [0.25, 0.3) is 0 Å². The monoisotopic (exact) mass is 321 g/mol. The van der Waals surface area contributed by atoms with Crippen LogP contribution in [0.3, 0.4) is 0 Å². The van der Waals surface area contributed by atoms with E-state index in [1.54, 1.807) is 0 Å². The Morgan fingerprint density at radius 2 is 2.00 bits per heavy atom. The first-order chi connectivity index (χ1) is 8.91. The van der Waals surface area contributed by atoms with Gasteiger partial charge in [0.15, 0.2) is 9.84 Å². The van der Waals surface area contributed by atoms with E-state index >= 15 is 0 Å². The standard InChI is InChI=1S/C12H13Cl2NO3S/c13-8-3-4-11(10(14)6-8)19(17,18)9-2-1-5-15-12(16)7-9/h3-4,6,9H,1-2,5,7H2,(H,15,16). The first-order valence-electron chi connectivity index (χ1n) is 5.87. The molecule has 19 heavy (non-hydrogen) atoms. The Hall–Kier alpha value is -0.780. The second kappa shape index (κ2) is 5.69. The van der Waals surface area contributed by atoms with Crippen LogP contribution in [-0.4, -0.2) is 26.1 Å².